The number of aromatic nitrogens is 1. The molecule has 1 saturated heterocycles. The minimum Gasteiger partial charge on any atom is -0.356 e. The molecule has 8 heteroatoms. The molecule has 1 fully saturated rings. The summed E-state index contributed by atoms with van der Waals surface area (Å²) in [4.78, 5) is 22.7. The quantitative estimate of drug-likeness (QED) is 0.329. The van der Waals surface area contributed by atoms with E-state index in [-0.39, 0.29) is 35.3 Å². The van der Waals surface area contributed by atoms with E-state index in [2.05, 4.69) is 53.9 Å². The van der Waals surface area contributed by atoms with Crippen LogP contribution in [0.2, 0.25) is 0 Å². The van der Waals surface area contributed by atoms with Gasteiger partial charge < -0.3 is 15.5 Å². The molecule has 1 aliphatic rings. The summed E-state index contributed by atoms with van der Waals surface area (Å²) in [5.41, 5.74) is 3.38. The van der Waals surface area contributed by atoms with Gasteiger partial charge in [-0.3, -0.25) is 9.79 Å². The van der Waals surface area contributed by atoms with Crippen LogP contribution < -0.4 is 15.5 Å². The molecule has 30 heavy (non-hydrogen) atoms. The summed E-state index contributed by atoms with van der Waals surface area (Å²) in [5, 5.41) is 9.99. The summed E-state index contributed by atoms with van der Waals surface area (Å²) in [6, 6.07) is 8.16. The third-order valence-electron chi connectivity index (χ3n) is 4.96. The van der Waals surface area contributed by atoms with Crippen molar-refractivity contribution in [2.45, 2.75) is 52.0 Å². The number of halogens is 1. The highest BCUT2D eigenvalue weighted by Crippen LogP contribution is 2.24. The molecule has 0 aliphatic carbocycles. The van der Waals surface area contributed by atoms with Crippen LogP contribution in [0.25, 0.3) is 0 Å². The van der Waals surface area contributed by atoms with Crippen molar-refractivity contribution in [3.63, 3.8) is 0 Å². The van der Waals surface area contributed by atoms with Crippen LogP contribution in [-0.2, 0) is 23.2 Å². The zero-order valence-corrected chi connectivity index (χ0v) is 21.3. The van der Waals surface area contributed by atoms with Crippen molar-refractivity contribution >= 4 is 52.9 Å². The Bertz CT molecular complexity index is 857. The molecule has 2 aromatic rings. The molecule has 1 aromatic heterocycles. The van der Waals surface area contributed by atoms with Crippen LogP contribution in [0, 0.1) is 0 Å². The molecular formula is C22H32IN5OS. The van der Waals surface area contributed by atoms with Gasteiger partial charge in [-0.05, 0) is 24.1 Å². The molecular weight excluding hydrogens is 509 g/mol. The van der Waals surface area contributed by atoms with E-state index in [0.29, 0.717) is 13.0 Å². The molecule has 0 bridgehead atoms. The number of hydrogen-bond acceptors (Lipinski definition) is 4. The molecule has 0 atom stereocenters. The van der Waals surface area contributed by atoms with Crippen molar-refractivity contribution in [1.82, 2.24) is 15.6 Å². The van der Waals surface area contributed by atoms with Gasteiger partial charge in [0.05, 0.1) is 10.7 Å². The van der Waals surface area contributed by atoms with Crippen LogP contribution >= 0.6 is 35.3 Å². The van der Waals surface area contributed by atoms with Gasteiger partial charge in [0.15, 0.2) is 5.96 Å². The standard InChI is InChI=1S/C22H31N5OS.HI/c1-22(2,3)18-15-29-19(26-18)11-12-24-21(23-4)25-14-16-7-9-17(10-8-16)27-13-5-6-20(27)28;/h7-10,15H,5-6,11-14H2,1-4H3,(H2,23,24,25);1H. The Kier molecular flexibility index (Phi) is 9.09. The summed E-state index contributed by atoms with van der Waals surface area (Å²) < 4.78 is 0. The smallest absolute Gasteiger partial charge is 0.227 e. The molecule has 1 aliphatic heterocycles. The second kappa shape index (κ2) is 11.1. The first kappa shape index (κ1) is 24.6. The third kappa shape index (κ3) is 6.66. The number of guanidine groups is 1. The molecule has 0 unspecified atom stereocenters. The van der Waals surface area contributed by atoms with Gasteiger partial charge in [-0.2, -0.15) is 0 Å². The number of rotatable bonds is 6. The van der Waals surface area contributed by atoms with Crippen LogP contribution in [0.3, 0.4) is 0 Å². The number of nitrogens with one attached hydrogen (secondary N) is 2. The molecule has 1 aromatic carbocycles. The second-order valence-electron chi connectivity index (χ2n) is 8.29. The summed E-state index contributed by atoms with van der Waals surface area (Å²) in [6.07, 6.45) is 2.48. The van der Waals surface area contributed by atoms with Gasteiger partial charge in [0.25, 0.3) is 0 Å². The fourth-order valence-corrected chi connectivity index (χ4v) is 4.20. The lowest BCUT2D eigenvalue weighted by Crippen LogP contribution is -2.37. The van der Waals surface area contributed by atoms with Crippen molar-refractivity contribution in [2.24, 2.45) is 4.99 Å². The van der Waals surface area contributed by atoms with Gasteiger partial charge in [-0.25, -0.2) is 4.98 Å². The highest BCUT2D eigenvalue weighted by atomic mass is 127. The van der Waals surface area contributed by atoms with Gasteiger partial charge in [-0.1, -0.05) is 32.9 Å². The number of benzene rings is 1. The van der Waals surface area contributed by atoms with Crippen LogP contribution in [0.15, 0.2) is 34.6 Å². The van der Waals surface area contributed by atoms with Crippen molar-refractivity contribution in [2.75, 3.05) is 25.0 Å². The number of thiazole rings is 1. The molecule has 2 N–H and O–H groups in total. The number of carbonyl (C=O) groups is 1. The lowest BCUT2D eigenvalue weighted by Gasteiger charge is -2.16. The van der Waals surface area contributed by atoms with Crippen LogP contribution in [0.5, 0.6) is 0 Å². The Morgan fingerprint density at radius 2 is 1.97 bits per heavy atom. The zero-order chi connectivity index (χ0) is 20.9. The summed E-state index contributed by atoms with van der Waals surface area (Å²) in [6.45, 7) is 8.84. The van der Waals surface area contributed by atoms with Crippen molar-refractivity contribution in [1.29, 1.82) is 0 Å². The normalized spacial score (nSPS) is 14.6. The van der Waals surface area contributed by atoms with Crippen molar-refractivity contribution < 1.29 is 4.79 Å². The van der Waals surface area contributed by atoms with Crippen molar-refractivity contribution in [3.05, 3.63) is 45.9 Å². The first-order valence-corrected chi connectivity index (χ1v) is 11.0. The number of carbonyl (C=O) groups excluding carboxylic acids is 1. The fourth-order valence-electron chi connectivity index (χ4n) is 3.18. The van der Waals surface area contributed by atoms with Crippen LogP contribution in [0.4, 0.5) is 5.69 Å². The van der Waals surface area contributed by atoms with Crippen molar-refractivity contribution in [3.8, 4) is 0 Å². The van der Waals surface area contributed by atoms with E-state index in [1.54, 1.807) is 18.4 Å². The first-order valence-electron chi connectivity index (χ1n) is 10.2. The van der Waals surface area contributed by atoms with E-state index in [0.717, 1.165) is 53.8 Å². The number of aliphatic imine (C=N–C) groups is 1. The van der Waals surface area contributed by atoms with Gasteiger partial charge in [0.2, 0.25) is 5.91 Å². The summed E-state index contributed by atoms with van der Waals surface area (Å²) in [5.74, 6) is 0.992. The maximum absolute atomic E-state index is 11.9. The van der Waals surface area contributed by atoms with E-state index < -0.39 is 0 Å². The maximum atomic E-state index is 11.9. The summed E-state index contributed by atoms with van der Waals surface area (Å²) in [7, 11) is 1.78. The Labute approximate surface area is 200 Å². The lowest BCUT2D eigenvalue weighted by molar-refractivity contribution is -0.117. The SMILES string of the molecule is CN=C(NCCc1nc(C(C)(C)C)cs1)NCc1ccc(N2CCCC2=O)cc1.I. The number of amides is 1. The van der Waals surface area contributed by atoms with E-state index in [1.165, 1.54) is 0 Å². The first-order chi connectivity index (χ1) is 13.9. The Morgan fingerprint density at radius 1 is 1.23 bits per heavy atom. The maximum Gasteiger partial charge on any atom is 0.227 e. The van der Waals surface area contributed by atoms with Gasteiger partial charge in [0, 0.05) is 56.0 Å². The Morgan fingerprint density at radius 3 is 2.53 bits per heavy atom. The van der Waals surface area contributed by atoms with Crippen LogP contribution in [-0.4, -0.2) is 37.0 Å². The molecule has 0 radical (unpaired) electrons. The minimum absolute atomic E-state index is 0. The Balaban J connectivity index is 0.00000320. The number of nitrogens with zero attached hydrogens (tertiary/aromatic N) is 3. The molecule has 0 spiro atoms. The van der Waals surface area contributed by atoms with Gasteiger partial charge in [0.1, 0.15) is 0 Å². The molecule has 2 heterocycles. The average Bonchev–Trinajstić information content (AvgIpc) is 3.34. The minimum atomic E-state index is 0. The molecule has 0 saturated carbocycles. The van der Waals surface area contributed by atoms with Crippen LogP contribution in [0.1, 0.15) is 49.9 Å². The number of anilines is 1. The third-order valence-corrected chi connectivity index (χ3v) is 5.87. The Hall–Kier alpha value is -1.68. The highest BCUT2D eigenvalue weighted by molar-refractivity contribution is 14.0. The van der Waals surface area contributed by atoms with E-state index in [9.17, 15) is 4.79 Å². The average molecular weight is 542 g/mol. The van der Waals surface area contributed by atoms with E-state index in [4.69, 9.17) is 4.98 Å². The molecule has 1 amide bonds. The zero-order valence-electron chi connectivity index (χ0n) is 18.2. The van der Waals surface area contributed by atoms with E-state index in [1.807, 2.05) is 17.0 Å². The fraction of sp³-hybridized carbons (Fsp3) is 0.500. The van der Waals surface area contributed by atoms with Gasteiger partial charge in [-0.15, -0.1) is 35.3 Å². The summed E-state index contributed by atoms with van der Waals surface area (Å²) >= 11 is 1.72. The predicted molar refractivity (Wildman–Crippen MR) is 136 cm³/mol. The predicted octanol–water partition coefficient (Wildman–Crippen LogP) is 4.09. The number of hydrogen-bond donors (Lipinski definition) is 2. The highest BCUT2D eigenvalue weighted by Gasteiger charge is 2.21. The largest absolute Gasteiger partial charge is 0.356 e. The topological polar surface area (TPSA) is 69.6 Å². The van der Waals surface area contributed by atoms with Gasteiger partial charge >= 0.3 is 0 Å². The molecule has 164 valence electrons. The van der Waals surface area contributed by atoms with E-state index >= 15 is 0 Å². The lowest BCUT2D eigenvalue weighted by atomic mass is 9.93. The second-order valence-corrected chi connectivity index (χ2v) is 9.24. The molecule has 3 rings (SSSR count). The monoisotopic (exact) mass is 541 g/mol. The molecule has 6 nitrogen and oxygen atoms in total.